The lowest BCUT2D eigenvalue weighted by atomic mass is 10.1. The quantitative estimate of drug-likeness (QED) is 0.525. The third kappa shape index (κ3) is 3.64. The van der Waals surface area contributed by atoms with Crippen LogP contribution in [0.15, 0.2) is 41.7 Å². The first-order valence-electron chi connectivity index (χ1n) is 11.5. The Kier molecular flexibility index (Phi) is 4.68. The van der Waals surface area contributed by atoms with Gasteiger partial charge in [-0.3, -0.25) is 14.7 Å². The molecule has 4 aromatic rings. The van der Waals surface area contributed by atoms with Crippen molar-refractivity contribution in [2.24, 2.45) is 0 Å². The third-order valence-corrected chi connectivity index (χ3v) is 6.64. The number of piperazine rings is 1. The van der Waals surface area contributed by atoms with Gasteiger partial charge in [-0.2, -0.15) is 0 Å². The second kappa shape index (κ2) is 7.70. The van der Waals surface area contributed by atoms with Gasteiger partial charge in [-0.25, -0.2) is 9.97 Å². The molecule has 2 fully saturated rings. The molecule has 32 heavy (non-hydrogen) atoms. The van der Waals surface area contributed by atoms with Gasteiger partial charge >= 0.3 is 0 Å². The normalized spacial score (nSPS) is 17.5. The Morgan fingerprint density at radius 2 is 1.91 bits per heavy atom. The Morgan fingerprint density at radius 1 is 1.06 bits per heavy atom. The lowest BCUT2D eigenvalue weighted by Crippen LogP contribution is -2.46. The van der Waals surface area contributed by atoms with E-state index in [9.17, 15) is 4.79 Å². The van der Waals surface area contributed by atoms with Crippen LogP contribution in [0.1, 0.15) is 42.5 Å². The number of rotatable bonds is 5. The zero-order chi connectivity index (χ0) is 21.7. The zero-order valence-electron chi connectivity index (χ0n) is 18.3. The van der Waals surface area contributed by atoms with Crippen molar-refractivity contribution >= 4 is 22.5 Å². The summed E-state index contributed by atoms with van der Waals surface area (Å²) in [5.74, 6) is 1.42. The van der Waals surface area contributed by atoms with Gasteiger partial charge in [-0.15, -0.1) is 0 Å². The number of aromatic nitrogens is 5. The number of nitrogens with zero attached hydrogens (tertiary/aromatic N) is 6. The molecule has 1 aliphatic carbocycles. The first-order valence-corrected chi connectivity index (χ1v) is 11.5. The number of aryl methyl sites for hydroxylation is 1. The van der Waals surface area contributed by atoms with E-state index in [1.807, 2.05) is 18.5 Å². The van der Waals surface area contributed by atoms with Crippen LogP contribution in [0.5, 0.6) is 0 Å². The average Bonchev–Trinajstić information content (AvgIpc) is 3.57. The molecule has 2 aliphatic rings. The van der Waals surface area contributed by atoms with Crippen LogP contribution in [0.25, 0.3) is 16.7 Å². The van der Waals surface area contributed by atoms with E-state index in [1.165, 1.54) is 0 Å². The number of hydrogen-bond donors (Lipinski definition) is 1. The molecule has 5 heterocycles. The first kappa shape index (κ1) is 19.4. The predicted octanol–water partition coefficient (Wildman–Crippen LogP) is 2.73. The number of imidazole rings is 1. The van der Waals surface area contributed by atoms with Gasteiger partial charge in [-0.1, -0.05) is 6.92 Å². The number of anilines is 1. The SMILES string of the molecule is CCc1cn2cc(N3CCN(Cc4cnc5cc(C6CC6)c(=O)[nH]c5c4)CC3)ncc2n1. The molecule has 1 saturated carbocycles. The van der Waals surface area contributed by atoms with Crippen LogP contribution in [0.2, 0.25) is 0 Å². The molecular formula is C24H27N7O. The predicted molar refractivity (Wildman–Crippen MR) is 124 cm³/mol. The summed E-state index contributed by atoms with van der Waals surface area (Å²) in [6.45, 7) is 6.71. The lowest BCUT2D eigenvalue weighted by molar-refractivity contribution is 0.249. The summed E-state index contributed by atoms with van der Waals surface area (Å²) in [5.41, 5.74) is 5.76. The molecule has 0 unspecified atom stereocenters. The highest BCUT2D eigenvalue weighted by molar-refractivity contribution is 5.75. The Balaban J connectivity index is 1.13. The smallest absolute Gasteiger partial charge is 0.252 e. The van der Waals surface area contributed by atoms with Crippen LogP contribution in [0.4, 0.5) is 5.82 Å². The number of pyridine rings is 2. The molecule has 164 valence electrons. The number of hydrogen-bond acceptors (Lipinski definition) is 6. The molecule has 8 nitrogen and oxygen atoms in total. The number of nitrogens with one attached hydrogen (secondary N) is 1. The lowest BCUT2D eigenvalue weighted by Gasteiger charge is -2.35. The maximum Gasteiger partial charge on any atom is 0.252 e. The Labute approximate surface area is 185 Å². The Bertz CT molecular complexity index is 1350. The van der Waals surface area contributed by atoms with Gasteiger partial charge in [0.05, 0.1) is 29.1 Å². The van der Waals surface area contributed by atoms with Gasteiger partial charge in [0.2, 0.25) is 0 Å². The molecule has 6 rings (SSSR count). The van der Waals surface area contributed by atoms with Crippen LogP contribution in [0, 0.1) is 0 Å². The minimum absolute atomic E-state index is 0.0426. The summed E-state index contributed by atoms with van der Waals surface area (Å²) in [7, 11) is 0. The molecule has 0 bridgehead atoms. The minimum Gasteiger partial charge on any atom is -0.353 e. The third-order valence-electron chi connectivity index (χ3n) is 6.64. The molecule has 8 heteroatoms. The second-order valence-electron chi connectivity index (χ2n) is 8.96. The summed E-state index contributed by atoms with van der Waals surface area (Å²) in [6, 6.07) is 4.05. The fourth-order valence-corrected chi connectivity index (χ4v) is 4.59. The van der Waals surface area contributed by atoms with Crippen LogP contribution in [-0.2, 0) is 13.0 Å². The summed E-state index contributed by atoms with van der Waals surface area (Å²) in [5, 5.41) is 0. The van der Waals surface area contributed by atoms with Crippen LogP contribution >= 0.6 is 0 Å². The van der Waals surface area contributed by atoms with Gasteiger partial charge in [-0.05, 0) is 42.9 Å². The van der Waals surface area contributed by atoms with Gasteiger partial charge < -0.3 is 14.3 Å². The monoisotopic (exact) mass is 429 g/mol. The Morgan fingerprint density at radius 3 is 2.69 bits per heavy atom. The summed E-state index contributed by atoms with van der Waals surface area (Å²) in [6.07, 6.45) is 11.1. The fraction of sp³-hybridized carbons (Fsp3) is 0.417. The number of H-pyrrole nitrogens is 1. The molecule has 0 aromatic carbocycles. The highest BCUT2D eigenvalue weighted by Gasteiger charge is 2.26. The molecule has 1 saturated heterocycles. The number of fused-ring (bicyclic) bond motifs is 2. The van der Waals surface area contributed by atoms with Crippen molar-refractivity contribution in [2.45, 2.75) is 38.6 Å². The molecule has 0 amide bonds. The topological polar surface area (TPSA) is 82.4 Å². The fourth-order valence-electron chi connectivity index (χ4n) is 4.59. The van der Waals surface area contributed by atoms with E-state index >= 15 is 0 Å². The molecule has 1 aliphatic heterocycles. The second-order valence-corrected chi connectivity index (χ2v) is 8.96. The highest BCUT2D eigenvalue weighted by atomic mass is 16.1. The van der Waals surface area contributed by atoms with E-state index in [4.69, 9.17) is 0 Å². The van der Waals surface area contributed by atoms with Crippen LogP contribution in [0.3, 0.4) is 0 Å². The van der Waals surface area contributed by atoms with Gasteiger partial charge in [0.15, 0.2) is 5.65 Å². The van der Waals surface area contributed by atoms with Crippen LogP contribution < -0.4 is 10.5 Å². The van der Waals surface area contributed by atoms with Crippen LogP contribution in [-0.4, -0.2) is 55.4 Å². The summed E-state index contributed by atoms with van der Waals surface area (Å²) in [4.78, 5) is 34.0. The van der Waals surface area contributed by atoms with E-state index < -0.39 is 0 Å². The Hall–Kier alpha value is -3.26. The van der Waals surface area contributed by atoms with Gasteiger partial charge in [0.25, 0.3) is 5.56 Å². The van der Waals surface area contributed by atoms with Crippen molar-refractivity contribution in [3.63, 3.8) is 0 Å². The van der Waals surface area contributed by atoms with Crippen molar-refractivity contribution in [2.75, 3.05) is 31.1 Å². The van der Waals surface area contributed by atoms with E-state index in [0.717, 1.165) is 91.3 Å². The zero-order valence-corrected chi connectivity index (χ0v) is 18.3. The maximum atomic E-state index is 12.4. The van der Waals surface area contributed by atoms with E-state index in [-0.39, 0.29) is 5.56 Å². The molecule has 0 spiro atoms. The van der Waals surface area contributed by atoms with Crippen molar-refractivity contribution in [3.8, 4) is 0 Å². The standard InChI is InChI=1S/C24H27N7O/c1-2-18-14-31-15-23(26-12-22(31)27-18)30-7-5-29(6-8-30)13-16-9-21-20(25-11-16)10-19(17-3-4-17)24(32)28-21/h9-12,14-15,17H,2-8,13H2,1H3,(H,28,32). The highest BCUT2D eigenvalue weighted by Crippen LogP contribution is 2.38. The van der Waals surface area contributed by atoms with Crippen molar-refractivity contribution in [1.82, 2.24) is 29.2 Å². The minimum atomic E-state index is 0.0426. The van der Waals surface area contributed by atoms with E-state index in [0.29, 0.717) is 5.92 Å². The largest absolute Gasteiger partial charge is 0.353 e. The average molecular weight is 430 g/mol. The molecular weight excluding hydrogens is 402 g/mol. The van der Waals surface area contributed by atoms with Crippen molar-refractivity contribution in [1.29, 1.82) is 0 Å². The van der Waals surface area contributed by atoms with E-state index in [1.54, 1.807) is 0 Å². The van der Waals surface area contributed by atoms with Crippen molar-refractivity contribution < 1.29 is 0 Å². The van der Waals surface area contributed by atoms with Gasteiger partial charge in [0.1, 0.15) is 5.82 Å². The molecule has 4 aromatic heterocycles. The maximum absolute atomic E-state index is 12.4. The molecule has 1 N–H and O–H groups in total. The molecule has 0 radical (unpaired) electrons. The summed E-state index contributed by atoms with van der Waals surface area (Å²) >= 11 is 0. The molecule has 0 atom stereocenters. The van der Waals surface area contributed by atoms with Gasteiger partial charge in [0, 0.05) is 50.7 Å². The first-order chi connectivity index (χ1) is 15.7. The summed E-state index contributed by atoms with van der Waals surface area (Å²) < 4.78 is 2.07. The van der Waals surface area contributed by atoms with E-state index in [2.05, 4.69) is 59.5 Å². The van der Waals surface area contributed by atoms with Crippen molar-refractivity contribution in [3.05, 3.63) is 64.1 Å². The number of aromatic amines is 1.